The van der Waals surface area contributed by atoms with Crippen molar-refractivity contribution < 1.29 is 4.74 Å². The summed E-state index contributed by atoms with van der Waals surface area (Å²) in [6, 6.07) is 7.52. The Kier molecular flexibility index (Phi) is 4.29. The van der Waals surface area contributed by atoms with E-state index in [0.29, 0.717) is 10.0 Å². The van der Waals surface area contributed by atoms with E-state index in [-0.39, 0.29) is 6.10 Å². The number of nitrogens with zero attached hydrogens (tertiary/aromatic N) is 1. The molecule has 1 aromatic carbocycles. The van der Waals surface area contributed by atoms with Gasteiger partial charge in [-0.15, -0.1) is 11.3 Å². The van der Waals surface area contributed by atoms with Crippen LogP contribution in [0.25, 0.3) is 0 Å². The highest BCUT2D eigenvalue weighted by Gasteiger charge is 2.27. The summed E-state index contributed by atoms with van der Waals surface area (Å²) in [5, 5.41) is 1.05. The van der Waals surface area contributed by atoms with Gasteiger partial charge in [-0.2, -0.15) is 0 Å². The van der Waals surface area contributed by atoms with Gasteiger partial charge in [-0.1, -0.05) is 23.2 Å². The summed E-state index contributed by atoms with van der Waals surface area (Å²) in [6.07, 6.45) is 0.0172. The fourth-order valence-electron chi connectivity index (χ4n) is 2.31. The Morgan fingerprint density at radius 1 is 1.30 bits per heavy atom. The zero-order chi connectivity index (χ0) is 14.3. The highest BCUT2D eigenvalue weighted by molar-refractivity contribution is 9.11. The predicted molar refractivity (Wildman–Crippen MR) is 88.2 cm³/mol. The summed E-state index contributed by atoms with van der Waals surface area (Å²) in [5.41, 5.74) is 1.26. The summed E-state index contributed by atoms with van der Waals surface area (Å²) in [6.45, 7) is 1.82. The first-order valence-corrected chi connectivity index (χ1v) is 8.48. The third kappa shape index (κ3) is 3.00. The number of benzene rings is 1. The quantitative estimate of drug-likeness (QED) is 0.679. The van der Waals surface area contributed by atoms with Gasteiger partial charge < -0.3 is 4.74 Å². The summed E-state index contributed by atoms with van der Waals surface area (Å²) in [5.74, 6) is 0.743. The zero-order valence-corrected chi connectivity index (χ0v) is 14.6. The monoisotopic (exact) mass is 391 g/mol. The van der Waals surface area contributed by atoms with Gasteiger partial charge in [0.15, 0.2) is 0 Å². The average Bonchev–Trinajstić information content (AvgIpc) is 2.74. The van der Waals surface area contributed by atoms with Crippen molar-refractivity contribution in [1.82, 2.24) is 4.90 Å². The van der Waals surface area contributed by atoms with Crippen molar-refractivity contribution in [2.24, 2.45) is 0 Å². The van der Waals surface area contributed by atoms with Crippen LogP contribution in [0.1, 0.15) is 16.5 Å². The van der Waals surface area contributed by atoms with Crippen LogP contribution in [-0.4, -0.2) is 18.5 Å². The smallest absolute Gasteiger partial charge is 0.137 e. The van der Waals surface area contributed by atoms with Crippen molar-refractivity contribution in [3.05, 3.63) is 48.5 Å². The molecule has 106 valence electrons. The topological polar surface area (TPSA) is 12.5 Å². The van der Waals surface area contributed by atoms with Crippen LogP contribution in [0.2, 0.25) is 10.0 Å². The molecule has 0 spiro atoms. The third-order valence-electron chi connectivity index (χ3n) is 3.22. The van der Waals surface area contributed by atoms with Crippen molar-refractivity contribution in [3.8, 4) is 5.75 Å². The van der Waals surface area contributed by atoms with Gasteiger partial charge in [0, 0.05) is 29.6 Å². The molecule has 0 bridgehead atoms. The third-order valence-corrected chi connectivity index (χ3v) is 5.60. The van der Waals surface area contributed by atoms with E-state index in [2.05, 4.69) is 33.9 Å². The highest BCUT2D eigenvalue weighted by Crippen LogP contribution is 2.38. The van der Waals surface area contributed by atoms with E-state index in [1.54, 1.807) is 23.5 Å². The fraction of sp³-hybridized carbons (Fsp3) is 0.286. The summed E-state index contributed by atoms with van der Waals surface area (Å²) < 4.78 is 7.24. The zero-order valence-electron chi connectivity index (χ0n) is 10.7. The van der Waals surface area contributed by atoms with Gasteiger partial charge in [0.25, 0.3) is 0 Å². The Balaban J connectivity index is 1.88. The van der Waals surface area contributed by atoms with Gasteiger partial charge in [0.1, 0.15) is 11.9 Å². The molecule has 0 saturated carbocycles. The van der Waals surface area contributed by atoms with Crippen LogP contribution in [0.5, 0.6) is 5.75 Å². The second-order valence-electron chi connectivity index (χ2n) is 4.81. The number of ether oxygens (including phenoxy) is 1. The van der Waals surface area contributed by atoms with E-state index in [4.69, 9.17) is 27.9 Å². The maximum absolute atomic E-state index is 6.10. The molecular formula is C14H12BrCl2NOS. The van der Waals surface area contributed by atoms with Crippen molar-refractivity contribution >= 4 is 50.5 Å². The summed E-state index contributed by atoms with van der Waals surface area (Å²) in [4.78, 5) is 3.60. The molecule has 1 aliphatic rings. The molecule has 2 heterocycles. The van der Waals surface area contributed by atoms with Crippen molar-refractivity contribution in [2.75, 3.05) is 13.6 Å². The minimum Gasteiger partial charge on any atom is -0.484 e. The van der Waals surface area contributed by atoms with E-state index in [1.165, 1.54) is 10.4 Å². The summed E-state index contributed by atoms with van der Waals surface area (Å²) in [7, 11) is 2.10. The first-order chi connectivity index (χ1) is 9.52. The van der Waals surface area contributed by atoms with E-state index >= 15 is 0 Å². The SMILES string of the molecule is CN1Cc2sc(Br)cc2C(Oc2ccc(Cl)c(Cl)c2)C1. The van der Waals surface area contributed by atoms with E-state index < -0.39 is 0 Å². The molecule has 6 heteroatoms. The van der Waals surface area contributed by atoms with Crippen LogP contribution >= 0.6 is 50.5 Å². The Hall–Kier alpha value is -0.260. The van der Waals surface area contributed by atoms with Gasteiger partial charge in [-0.05, 0) is 41.2 Å². The van der Waals surface area contributed by atoms with E-state index in [0.717, 1.165) is 22.6 Å². The molecule has 0 amide bonds. The molecule has 0 saturated heterocycles. The molecule has 0 aliphatic carbocycles. The van der Waals surface area contributed by atoms with Crippen LogP contribution < -0.4 is 4.74 Å². The second kappa shape index (κ2) is 5.85. The van der Waals surface area contributed by atoms with Gasteiger partial charge in [0.05, 0.1) is 13.8 Å². The number of rotatable bonds is 2. The van der Waals surface area contributed by atoms with Gasteiger partial charge >= 0.3 is 0 Å². The molecular weight excluding hydrogens is 381 g/mol. The predicted octanol–water partition coefficient (Wildman–Crippen LogP) is 5.38. The molecule has 0 fully saturated rings. The average molecular weight is 393 g/mol. The number of likely N-dealkylation sites (N-methyl/N-ethyl adjacent to an activating group) is 1. The highest BCUT2D eigenvalue weighted by atomic mass is 79.9. The number of fused-ring (bicyclic) bond motifs is 1. The number of thiophene rings is 1. The molecule has 0 radical (unpaired) electrons. The first kappa shape index (κ1) is 14.7. The molecule has 1 aliphatic heterocycles. The van der Waals surface area contributed by atoms with Crippen LogP contribution in [0.3, 0.4) is 0 Å². The number of halogens is 3. The van der Waals surface area contributed by atoms with Crippen molar-refractivity contribution in [1.29, 1.82) is 0 Å². The molecule has 1 aromatic heterocycles. The largest absolute Gasteiger partial charge is 0.484 e. The van der Waals surface area contributed by atoms with Crippen molar-refractivity contribution in [2.45, 2.75) is 12.6 Å². The van der Waals surface area contributed by atoms with Crippen LogP contribution in [0.15, 0.2) is 28.1 Å². The number of hydrogen-bond donors (Lipinski definition) is 0. The Labute approximate surface area is 140 Å². The lowest BCUT2D eigenvalue weighted by Gasteiger charge is -2.30. The van der Waals surface area contributed by atoms with Gasteiger partial charge in [-0.3, -0.25) is 4.90 Å². The lowest BCUT2D eigenvalue weighted by molar-refractivity contribution is 0.131. The molecule has 2 aromatic rings. The minimum atomic E-state index is 0.0172. The van der Waals surface area contributed by atoms with Crippen LogP contribution in [0.4, 0.5) is 0 Å². The van der Waals surface area contributed by atoms with Gasteiger partial charge in [-0.25, -0.2) is 0 Å². The lowest BCUT2D eigenvalue weighted by Crippen LogP contribution is -2.31. The molecule has 3 rings (SSSR count). The number of hydrogen-bond acceptors (Lipinski definition) is 3. The van der Waals surface area contributed by atoms with Gasteiger partial charge in [0.2, 0.25) is 0 Å². The maximum Gasteiger partial charge on any atom is 0.137 e. The minimum absolute atomic E-state index is 0.0172. The lowest BCUT2D eigenvalue weighted by atomic mass is 10.1. The first-order valence-electron chi connectivity index (χ1n) is 6.11. The van der Waals surface area contributed by atoms with E-state index in [9.17, 15) is 0 Å². The molecule has 0 N–H and O–H groups in total. The fourth-order valence-corrected chi connectivity index (χ4v) is 4.45. The van der Waals surface area contributed by atoms with Crippen LogP contribution in [-0.2, 0) is 6.54 Å². The molecule has 1 atom stereocenters. The molecule has 20 heavy (non-hydrogen) atoms. The summed E-state index contributed by atoms with van der Waals surface area (Å²) >= 11 is 17.3. The second-order valence-corrected chi connectivity index (χ2v) is 8.14. The van der Waals surface area contributed by atoms with Crippen molar-refractivity contribution in [3.63, 3.8) is 0 Å². The van der Waals surface area contributed by atoms with Crippen LogP contribution in [0, 0.1) is 0 Å². The maximum atomic E-state index is 6.10. The van der Waals surface area contributed by atoms with E-state index in [1.807, 2.05) is 6.07 Å². The Morgan fingerprint density at radius 2 is 2.10 bits per heavy atom. The molecule has 2 nitrogen and oxygen atoms in total. The Morgan fingerprint density at radius 3 is 2.85 bits per heavy atom. The standard InChI is InChI=1S/C14H12BrCl2NOS/c1-18-6-12(9-5-14(15)20-13(9)7-18)19-8-2-3-10(16)11(17)4-8/h2-5,12H,6-7H2,1H3. The normalized spacial score (nSPS) is 18.9. The Bertz CT molecular complexity index is 646. The molecule has 1 unspecified atom stereocenters.